The maximum atomic E-state index is 12.7. The Morgan fingerprint density at radius 2 is 1.71 bits per heavy atom. The zero-order chi connectivity index (χ0) is 13.3. The third-order valence-electron chi connectivity index (χ3n) is 2.98. The lowest BCUT2D eigenvalue weighted by atomic mass is 9.80. The fourth-order valence-electron chi connectivity index (χ4n) is 1.45. The van der Waals surface area contributed by atoms with Gasteiger partial charge in [0.25, 0.3) is 0 Å². The summed E-state index contributed by atoms with van der Waals surface area (Å²) < 4.78 is 38.2. The van der Waals surface area contributed by atoms with Crippen molar-refractivity contribution in [1.82, 2.24) is 0 Å². The molecule has 0 amide bonds. The van der Waals surface area contributed by atoms with Gasteiger partial charge in [-0.3, -0.25) is 4.79 Å². The molecule has 4 heteroatoms. The molecule has 0 fully saturated rings. The van der Waals surface area contributed by atoms with Crippen LogP contribution in [0.15, 0.2) is 24.3 Å². The van der Waals surface area contributed by atoms with Crippen molar-refractivity contribution in [1.29, 1.82) is 0 Å². The highest BCUT2D eigenvalue weighted by atomic mass is 19.4. The van der Waals surface area contributed by atoms with Crippen LogP contribution in [0, 0.1) is 5.41 Å². The highest BCUT2D eigenvalue weighted by molar-refractivity contribution is 6.01. The zero-order valence-electron chi connectivity index (χ0n) is 10.1. The monoisotopic (exact) mass is 244 g/mol. The van der Waals surface area contributed by atoms with Crippen molar-refractivity contribution in [3.05, 3.63) is 35.4 Å². The van der Waals surface area contributed by atoms with E-state index in [1.807, 2.05) is 0 Å². The second kappa shape index (κ2) is 4.51. The van der Waals surface area contributed by atoms with E-state index in [0.717, 1.165) is 6.07 Å². The van der Waals surface area contributed by atoms with Gasteiger partial charge in [-0.25, -0.2) is 0 Å². The first-order chi connectivity index (χ1) is 7.70. The summed E-state index contributed by atoms with van der Waals surface area (Å²) in [6, 6.07) is 4.92. The molecule has 0 aromatic heterocycles. The number of Topliss-reactive ketones (excluding diaryl/α,β-unsaturated/α-hetero) is 1. The van der Waals surface area contributed by atoms with Crippen LogP contribution in [0.25, 0.3) is 0 Å². The van der Waals surface area contributed by atoms with E-state index in [4.69, 9.17) is 0 Å². The molecule has 1 rings (SSSR count). The molecule has 0 atom stereocenters. The fourth-order valence-corrected chi connectivity index (χ4v) is 1.45. The summed E-state index contributed by atoms with van der Waals surface area (Å²) in [7, 11) is 0. The second-order valence-electron chi connectivity index (χ2n) is 4.61. The van der Waals surface area contributed by atoms with Gasteiger partial charge in [0.1, 0.15) is 0 Å². The van der Waals surface area contributed by atoms with Gasteiger partial charge in [-0.1, -0.05) is 39.0 Å². The maximum absolute atomic E-state index is 12.7. The van der Waals surface area contributed by atoms with Crippen LogP contribution in [0.1, 0.15) is 43.1 Å². The molecule has 0 radical (unpaired) electrons. The number of carbonyl (C=O) groups is 1. The van der Waals surface area contributed by atoms with Crippen LogP contribution in [0.3, 0.4) is 0 Å². The summed E-state index contributed by atoms with van der Waals surface area (Å²) in [5, 5.41) is 0. The van der Waals surface area contributed by atoms with Crippen LogP contribution in [0.4, 0.5) is 13.2 Å². The highest BCUT2D eigenvalue weighted by Gasteiger charge is 2.37. The highest BCUT2D eigenvalue weighted by Crippen LogP contribution is 2.35. The lowest BCUT2D eigenvalue weighted by Crippen LogP contribution is -2.26. The van der Waals surface area contributed by atoms with Gasteiger partial charge in [0, 0.05) is 11.0 Å². The topological polar surface area (TPSA) is 17.1 Å². The summed E-state index contributed by atoms with van der Waals surface area (Å²) in [6.07, 6.45) is -3.99. The van der Waals surface area contributed by atoms with Gasteiger partial charge < -0.3 is 0 Å². The Hall–Kier alpha value is -1.32. The van der Waals surface area contributed by atoms with E-state index >= 15 is 0 Å². The Labute approximate surface area is 98.6 Å². The van der Waals surface area contributed by atoms with Crippen molar-refractivity contribution in [3.63, 3.8) is 0 Å². The summed E-state index contributed by atoms with van der Waals surface area (Å²) in [5.74, 6) is -0.465. The summed E-state index contributed by atoms with van der Waals surface area (Å²) in [6.45, 7) is 5.10. The number of alkyl halides is 3. The van der Waals surface area contributed by atoms with Crippen molar-refractivity contribution >= 4 is 5.78 Å². The largest absolute Gasteiger partial charge is 0.417 e. The minimum absolute atomic E-state index is 0.244. The quantitative estimate of drug-likeness (QED) is 0.723. The molecule has 0 unspecified atom stereocenters. The predicted octanol–water partition coefficient (Wildman–Crippen LogP) is 4.32. The molecule has 0 bridgehead atoms. The Kier molecular flexibility index (Phi) is 3.65. The zero-order valence-corrected chi connectivity index (χ0v) is 10.1. The van der Waals surface area contributed by atoms with Crippen molar-refractivity contribution in [3.8, 4) is 0 Å². The maximum Gasteiger partial charge on any atom is 0.417 e. The molecule has 0 N–H and O–H groups in total. The van der Waals surface area contributed by atoms with Crippen LogP contribution in [0.5, 0.6) is 0 Å². The molecular weight excluding hydrogens is 229 g/mol. The molecule has 0 spiro atoms. The van der Waals surface area contributed by atoms with Crippen LogP contribution in [-0.4, -0.2) is 5.78 Å². The number of ketones is 1. The fraction of sp³-hybridized carbons (Fsp3) is 0.462. The van der Waals surface area contributed by atoms with Crippen molar-refractivity contribution in [2.75, 3.05) is 0 Å². The van der Waals surface area contributed by atoms with Crippen LogP contribution in [-0.2, 0) is 6.18 Å². The van der Waals surface area contributed by atoms with E-state index in [2.05, 4.69) is 0 Å². The lowest BCUT2D eigenvalue weighted by Gasteiger charge is -2.23. The Morgan fingerprint density at radius 3 is 2.18 bits per heavy atom. The van der Waals surface area contributed by atoms with E-state index in [0.29, 0.717) is 6.42 Å². The van der Waals surface area contributed by atoms with E-state index in [1.54, 1.807) is 20.8 Å². The Balaban J connectivity index is 3.29. The molecule has 0 saturated carbocycles. The summed E-state index contributed by atoms with van der Waals surface area (Å²) in [4.78, 5) is 12.1. The molecule has 0 aliphatic heterocycles. The van der Waals surface area contributed by atoms with Crippen LogP contribution >= 0.6 is 0 Å². The average Bonchev–Trinajstić information content (AvgIpc) is 2.27. The predicted molar refractivity (Wildman–Crippen MR) is 59.8 cm³/mol. The summed E-state index contributed by atoms with van der Waals surface area (Å²) in [5.41, 5.74) is -1.88. The first kappa shape index (κ1) is 13.7. The normalized spacial score (nSPS) is 12.6. The van der Waals surface area contributed by atoms with Crippen LogP contribution < -0.4 is 0 Å². The molecule has 1 aromatic carbocycles. The number of halogens is 3. The number of hydrogen-bond acceptors (Lipinski definition) is 1. The number of hydrogen-bond donors (Lipinski definition) is 0. The van der Waals surface area contributed by atoms with Gasteiger partial charge in [-0.15, -0.1) is 0 Å². The first-order valence-electron chi connectivity index (χ1n) is 5.41. The minimum Gasteiger partial charge on any atom is -0.294 e. The van der Waals surface area contributed by atoms with E-state index < -0.39 is 22.9 Å². The molecular formula is C13H15F3O. The molecule has 0 aliphatic rings. The van der Waals surface area contributed by atoms with Gasteiger partial charge in [0.05, 0.1) is 5.56 Å². The van der Waals surface area contributed by atoms with Gasteiger partial charge >= 0.3 is 6.18 Å². The average molecular weight is 244 g/mol. The number of benzene rings is 1. The Morgan fingerprint density at radius 1 is 1.18 bits per heavy atom. The van der Waals surface area contributed by atoms with Gasteiger partial charge in [0.2, 0.25) is 0 Å². The van der Waals surface area contributed by atoms with E-state index in [9.17, 15) is 18.0 Å². The van der Waals surface area contributed by atoms with Crippen molar-refractivity contribution < 1.29 is 18.0 Å². The second-order valence-corrected chi connectivity index (χ2v) is 4.61. The number of rotatable bonds is 3. The van der Waals surface area contributed by atoms with Gasteiger partial charge in [-0.05, 0) is 12.5 Å². The SMILES string of the molecule is CCC(C)(C)C(=O)c1ccccc1C(F)(F)F. The molecule has 0 saturated heterocycles. The van der Waals surface area contributed by atoms with E-state index in [-0.39, 0.29) is 5.56 Å². The van der Waals surface area contributed by atoms with Crippen molar-refractivity contribution in [2.45, 2.75) is 33.4 Å². The van der Waals surface area contributed by atoms with Gasteiger partial charge in [-0.2, -0.15) is 13.2 Å². The third-order valence-corrected chi connectivity index (χ3v) is 2.98. The summed E-state index contributed by atoms with van der Waals surface area (Å²) >= 11 is 0. The van der Waals surface area contributed by atoms with Crippen molar-refractivity contribution in [2.24, 2.45) is 5.41 Å². The first-order valence-corrected chi connectivity index (χ1v) is 5.41. The van der Waals surface area contributed by atoms with Crippen LogP contribution in [0.2, 0.25) is 0 Å². The molecule has 1 aromatic rings. The molecule has 94 valence electrons. The third kappa shape index (κ3) is 2.87. The van der Waals surface area contributed by atoms with E-state index in [1.165, 1.54) is 18.2 Å². The number of carbonyl (C=O) groups excluding carboxylic acids is 1. The standard InChI is InChI=1S/C13H15F3O/c1-4-12(2,3)11(17)9-7-5-6-8-10(9)13(14,15)16/h5-8H,4H2,1-3H3. The molecule has 17 heavy (non-hydrogen) atoms. The lowest BCUT2D eigenvalue weighted by molar-refractivity contribution is -0.138. The minimum atomic E-state index is -4.49. The smallest absolute Gasteiger partial charge is 0.294 e. The molecule has 0 aliphatic carbocycles. The van der Waals surface area contributed by atoms with Gasteiger partial charge in [0.15, 0.2) is 5.78 Å². The molecule has 1 nitrogen and oxygen atoms in total. The molecule has 0 heterocycles. The Bertz CT molecular complexity index is 419.